The summed E-state index contributed by atoms with van der Waals surface area (Å²) < 4.78 is 26.2. The van der Waals surface area contributed by atoms with Gasteiger partial charge in [-0.15, -0.1) is 0 Å². The van der Waals surface area contributed by atoms with Gasteiger partial charge in [-0.05, 0) is 0 Å². The molecule has 11 nitrogen and oxygen atoms in total. The first-order valence-electron chi connectivity index (χ1n) is 8.21. The van der Waals surface area contributed by atoms with Gasteiger partial charge in [-0.25, -0.2) is 0 Å². The fraction of sp³-hybridized carbons (Fsp3) is 0.688. The summed E-state index contributed by atoms with van der Waals surface area (Å²) in [7, 11) is 0. The highest BCUT2D eigenvalue weighted by Crippen LogP contribution is 2.28. The van der Waals surface area contributed by atoms with Crippen LogP contribution < -0.4 is 5.32 Å². The highest BCUT2D eigenvalue weighted by Gasteiger charge is 2.52. The van der Waals surface area contributed by atoms with Crippen molar-refractivity contribution in [2.45, 2.75) is 58.3 Å². The SMILES string of the molecule is CC(=O)OC[C@H]1OC(OC(C)=O)[C@H](NC(=O)CI)[C@@H](OC(C)=O)[C@@H]1OC(C)=O. The molecule has 0 radical (unpaired) electrons. The summed E-state index contributed by atoms with van der Waals surface area (Å²) in [6, 6.07) is -1.16. The van der Waals surface area contributed by atoms with Crippen LogP contribution in [-0.4, -0.2) is 71.5 Å². The summed E-state index contributed by atoms with van der Waals surface area (Å²) in [4.78, 5) is 57.8. The number of alkyl halides is 1. The van der Waals surface area contributed by atoms with Crippen molar-refractivity contribution in [2.24, 2.45) is 0 Å². The Morgan fingerprint density at radius 1 is 0.857 bits per heavy atom. The molecule has 0 saturated carbocycles. The number of hydrogen-bond donors (Lipinski definition) is 1. The molecule has 0 bridgehead atoms. The monoisotopic (exact) mass is 515 g/mol. The van der Waals surface area contributed by atoms with E-state index >= 15 is 0 Å². The zero-order valence-corrected chi connectivity index (χ0v) is 17.9. The van der Waals surface area contributed by atoms with E-state index in [0.29, 0.717) is 0 Å². The Labute approximate surface area is 174 Å². The van der Waals surface area contributed by atoms with Gasteiger partial charge in [0.15, 0.2) is 12.2 Å². The second-order valence-corrected chi connectivity index (χ2v) is 6.59. The van der Waals surface area contributed by atoms with E-state index in [2.05, 4.69) is 5.32 Å². The van der Waals surface area contributed by atoms with Gasteiger partial charge in [0.1, 0.15) is 18.8 Å². The van der Waals surface area contributed by atoms with Crippen LogP contribution in [0.5, 0.6) is 0 Å². The van der Waals surface area contributed by atoms with Gasteiger partial charge >= 0.3 is 23.9 Å². The second-order valence-electron chi connectivity index (χ2n) is 5.83. The molecule has 1 amide bonds. The normalized spacial score (nSPS) is 26.5. The minimum atomic E-state index is -1.37. The van der Waals surface area contributed by atoms with E-state index in [0.717, 1.165) is 20.8 Å². The van der Waals surface area contributed by atoms with Crippen LogP contribution in [0.15, 0.2) is 0 Å². The summed E-state index contributed by atoms with van der Waals surface area (Å²) in [5.74, 6) is -3.26. The maximum Gasteiger partial charge on any atom is 0.305 e. The summed E-state index contributed by atoms with van der Waals surface area (Å²) in [5, 5.41) is 2.54. The van der Waals surface area contributed by atoms with Crippen molar-refractivity contribution in [1.82, 2.24) is 5.32 Å². The number of amides is 1. The molecule has 5 atom stereocenters. The lowest BCUT2D eigenvalue weighted by atomic mass is 9.96. The fourth-order valence-electron chi connectivity index (χ4n) is 2.54. The van der Waals surface area contributed by atoms with Gasteiger partial charge in [-0.3, -0.25) is 24.0 Å². The molecule has 1 heterocycles. The van der Waals surface area contributed by atoms with Crippen molar-refractivity contribution in [2.75, 3.05) is 11.0 Å². The van der Waals surface area contributed by atoms with Crippen LogP contribution in [0.1, 0.15) is 27.7 Å². The number of carbonyl (C=O) groups is 5. The van der Waals surface area contributed by atoms with Crippen molar-refractivity contribution >= 4 is 52.4 Å². The molecule has 0 aromatic rings. The van der Waals surface area contributed by atoms with Crippen molar-refractivity contribution < 1.29 is 47.7 Å². The third-order valence-electron chi connectivity index (χ3n) is 3.43. The molecule has 12 heteroatoms. The number of hydrogen-bond acceptors (Lipinski definition) is 10. The summed E-state index contributed by atoms with van der Waals surface area (Å²) >= 11 is 1.81. The fourth-order valence-corrected chi connectivity index (χ4v) is 2.76. The molecule has 1 rings (SSSR count). The molecule has 158 valence electrons. The topological polar surface area (TPSA) is 144 Å². The molecule has 0 aromatic carbocycles. The Morgan fingerprint density at radius 3 is 1.86 bits per heavy atom. The zero-order valence-electron chi connectivity index (χ0n) is 15.8. The van der Waals surface area contributed by atoms with Crippen LogP contribution in [0.4, 0.5) is 0 Å². The number of rotatable bonds is 7. The minimum absolute atomic E-state index is 0.0585. The lowest BCUT2D eigenvalue weighted by Crippen LogP contribution is -2.67. The highest BCUT2D eigenvalue weighted by molar-refractivity contribution is 14.1. The van der Waals surface area contributed by atoms with Crippen LogP contribution in [0.25, 0.3) is 0 Å². The van der Waals surface area contributed by atoms with Gasteiger partial charge in [-0.1, -0.05) is 22.6 Å². The maximum atomic E-state index is 11.9. The predicted octanol–water partition coefficient (Wildman–Crippen LogP) is -0.379. The first kappa shape index (κ1) is 24.1. The van der Waals surface area contributed by atoms with Crippen LogP contribution in [0, 0.1) is 0 Å². The molecule has 0 aromatic heterocycles. The Balaban J connectivity index is 3.31. The molecule has 1 aliphatic rings. The van der Waals surface area contributed by atoms with Crippen LogP contribution in [0.3, 0.4) is 0 Å². The van der Waals surface area contributed by atoms with E-state index in [1.54, 1.807) is 0 Å². The standard InChI is InChI=1S/C16H22INO10/c1-7(19)24-6-11-14(25-8(2)20)15(26-9(3)21)13(18-12(23)5-17)16(28-11)27-10(4)22/h11,13-16H,5-6H2,1-4H3,(H,18,23)/t11-,13-,14-,15-,16?/m1/s1. The van der Waals surface area contributed by atoms with E-state index in [1.807, 2.05) is 22.6 Å². The van der Waals surface area contributed by atoms with Gasteiger partial charge in [0.2, 0.25) is 12.2 Å². The summed E-state index contributed by atoms with van der Waals surface area (Å²) in [6.07, 6.45) is -4.98. The largest absolute Gasteiger partial charge is 0.463 e. The molecule has 0 aliphatic carbocycles. The van der Waals surface area contributed by atoms with E-state index in [4.69, 9.17) is 23.7 Å². The molecule has 1 N–H and O–H groups in total. The lowest BCUT2D eigenvalue weighted by molar-refractivity contribution is -0.270. The lowest BCUT2D eigenvalue weighted by Gasteiger charge is -2.44. The first-order chi connectivity index (χ1) is 13.0. The van der Waals surface area contributed by atoms with E-state index in [1.165, 1.54) is 6.92 Å². The molecular weight excluding hydrogens is 493 g/mol. The number of ether oxygens (including phenoxy) is 5. The summed E-state index contributed by atoms with van der Waals surface area (Å²) in [5.41, 5.74) is 0. The van der Waals surface area contributed by atoms with Gasteiger partial charge in [0.25, 0.3) is 0 Å². The minimum Gasteiger partial charge on any atom is -0.463 e. The number of nitrogens with one attached hydrogen (secondary N) is 1. The molecule has 1 saturated heterocycles. The Bertz CT molecular complexity index is 625. The van der Waals surface area contributed by atoms with Crippen LogP contribution in [0.2, 0.25) is 0 Å². The number of esters is 4. The zero-order chi connectivity index (χ0) is 21.4. The Hall–Kier alpha value is -1.96. The average molecular weight is 515 g/mol. The molecule has 28 heavy (non-hydrogen) atoms. The molecule has 1 aliphatic heterocycles. The predicted molar refractivity (Wildman–Crippen MR) is 99.0 cm³/mol. The van der Waals surface area contributed by atoms with E-state index in [-0.39, 0.29) is 11.0 Å². The molecule has 0 spiro atoms. The quantitative estimate of drug-likeness (QED) is 0.206. The second kappa shape index (κ2) is 11.1. The van der Waals surface area contributed by atoms with Gasteiger partial charge in [0, 0.05) is 27.7 Å². The van der Waals surface area contributed by atoms with Crippen molar-refractivity contribution in [3.05, 3.63) is 0 Å². The Kier molecular flexibility index (Phi) is 9.58. The highest BCUT2D eigenvalue weighted by atomic mass is 127. The van der Waals surface area contributed by atoms with Crippen LogP contribution in [-0.2, 0) is 47.7 Å². The molecule has 1 fully saturated rings. The maximum absolute atomic E-state index is 11.9. The summed E-state index contributed by atoms with van der Waals surface area (Å²) in [6.45, 7) is 4.18. The van der Waals surface area contributed by atoms with Crippen molar-refractivity contribution in [3.63, 3.8) is 0 Å². The average Bonchev–Trinajstić information content (AvgIpc) is 2.56. The van der Waals surface area contributed by atoms with E-state index in [9.17, 15) is 24.0 Å². The van der Waals surface area contributed by atoms with Crippen LogP contribution >= 0.6 is 22.6 Å². The smallest absolute Gasteiger partial charge is 0.305 e. The van der Waals surface area contributed by atoms with Crippen molar-refractivity contribution in [3.8, 4) is 0 Å². The van der Waals surface area contributed by atoms with Crippen molar-refractivity contribution in [1.29, 1.82) is 0 Å². The Morgan fingerprint density at radius 2 is 1.39 bits per heavy atom. The van der Waals surface area contributed by atoms with E-state index < -0.39 is 60.4 Å². The third-order valence-corrected chi connectivity index (χ3v) is 4.13. The first-order valence-corrected chi connectivity index (χ1v) is 9.73. The molecule has 1 unspecified atom stereocenters. The van der Waals surface area contributed by atoms with Gasteiger partial charge in [0.05, 0.1) is 4.43 Å². The number of halogens is 1. The third kappa shape index (κ3) is 7.58. The van der Waals surface area contributed by atoms with Gasteiger partial charge in [-0.2, -0.15) is 0 Å². The van der Waals surface area contributed by atoms with Gasteiger partial charge < -0.3 is 29.0 Å². The number of carbonyl (C=O) groups excluding carboxylic acids is 5. The molecular formula is C16H22INO10.